The highest BCUT2D eigenvalue weighted by Gasteiger charge is 2.07. The van der Waals surface area contributed by atoms with Crippen LogP contribution in [-0.2, 0) is 9.53 Å². The van der Waals surface area contributed by atoms with Crippen LogP contribution in [0.4, 0.5) is 0 Å². The number of hydrogen-bond acceptors (Lipinski definition) is 3. The molecule has 1 aromatic carbocycles. The molecule has 0 fully saturated rings. The van der Waals surface area contributed by atoms with Crippen LogP contribution in [-0.4, -0.2) is 19.2 Å². The largest absolute Gasteiger partial charge is 0.480 e. The molecule has 0 bridgehead atoms. The molecule has 0 saturated heterocycles. The van der Waals surface area contributed by atoms with Gasteiger partial charge in [-0.3, -0.25) is 0 Å². The van der Waals surface area contributed by atoms with Crippen molar-refractivity contribution in [3.63, 3.8) is 0 Å². The number of carbonyl (C=O) groups excluding carboxylic acids is 1. The fourth-order valence-electron chi connectivity index (χ4n) is 1.10. The number of esters is 1. The first-order valence-corrected chi connectivity index (χ1v) is 6.12. The van der Waals surface area contributed by atoms with Gasteiger partial charge in [0.05, 0.1) is 11.6 Å². The van der Waals surface area contributed by atoms with Crippen LogP contribution >= 0.6 is 23.2 Å². The zero-order valence-corrected chi connectivity index (χ0v) is 11.1. The van der Waals surface area contributed by atoms with Crippen molar-refractivity contribution in [2.45, 2.75) is 19.8 Å². The van der Waals surface area contributed by atoms with E-state index >= 15 is 0 Å². The summed E-state index contributed by atoms with van der Waals surface area (Å²) in [7, 11) is 0. The van der Waals surface area contributed by atoms with Crippen LogP contribution in [0.5, 0.6) is 5.75 Å². The van der Waals surface area contributed by atoms with Gasteiger partial charge in [0.15, 0.2) is 6.61 Å². The average Bonchev–Trinajstić information content (AvgIpc) is 2.31. The van der Waals surface area contributed by atoms with Crippen molar-refractivity contribution in [1.82, 2.24) is 0 Å². The second kappa shape index (κ2) is 7.41. The van der Waals surface area contributed by atoms with Gasteiger partial charge in [0.25, 0.3) is 0 Å². The van der Waals surface area contributed by atoms with E-state index < -0.39 is 5.97 Å². The van der Waals surface area contributed by atoms with Crippen molar-refractivity contribution in [1.29, 1.82) is 0 Å². The fourth-order valence-corrected chi connectivity index (χ4v) is 1.43. The first kappa shape index (κ1) is 14.1. The quantitative estimate of drug-likeness (QED) is 0.587. The summed E-state index contributed by atoms with van der Waals surface area (Å²) in [6.07, 6.45) is 1.83. The Morgan fingerprint density at radius 3 is 2.82 bits per heavy atom. The third-order valence-corrected chi connectivity index (χ3v) is 2.55. The van der Waals surface area contributed by atoms with Gasteiger partial charge < -0.3 is 9.47 Å². The lowest BCUT2D eigenvalue weighted by molar-refractivity contribution is -0.146. The zero-order chi connectivity index (χ0) is 12.7. The minimum absolute atomic E-state index is 0.163. The molecule has 0 unspecified atom stereocenters. The minimum atomic E-state index is -0.408. The Morgan fingerprint density at radius 2 is 2.12 bits per heavy atom. The lowest BCUT2D eigenvalue weighted by atomic mass is 10.3. The van der Waals surface area contributed by atoms with E-state index in [4.69, 9.17) is 32.7 Å². The first-order valence-electron chi connectivity index (χ1n) is 5.37. The molecule has 0 aliphatic heterocycles. The van der Waals surface area contributed by atoms with Gasteiger partial charge >= 0.3 is 5.97 Å². The lowest BCUT2D eigenvalue weighted by Crippen LogP contribution is -2.15. The van der Waals surface area contributed by atoms with Crippen molar-refractivity contribution in [3.8, 4) is 5.75 Å². The number of ether oxygens (including phenoxy) is 2. The fraction of sp³-hybridized carbons (Fsp3) is 0.417. The summed E-state index contributed by atoms with van der Waals surface area (Å²) in [5.74, 6) is -0.0268. The molecule has 0 N–H and O–H groups in total. The molecule has 1 rings (SSSR count). The lowest BCUT2D eigenvalue weighted by Gasteiger charge is -2.08. The highest BCUT2D eigenvalue weighted by atomic mass is 35.5. The van der Waals surface area contributed by atoms with E-state index in [1.165, 1.54) is 0 Å². The summed E-state index contributed by atoms with van der Waals surface area (Å²) >= 11 is 11.7. The molecule has 94 valence electrons. The van der Waals surface area contributed by atoms with Crippen molar-refractivity contribution in [2.24, 2.45) is 0 Å². The number of halogens is 2. The van der Waals surface area contributed by atoms with Gasteiger partial charge in [0.1, 0.15) is 5.75 Å². The Labute approximate surface area is 111 Å². The highest BCUT2D eigenvalue weighted by Crippen LogP contribution is 2.27. The second-order valence-electron chi connectivity index (χ2n) is 3.44. The Bertz CT molecular complexity index is 380. The van der Waals surface area contributed by atoms with Crippen LogP contribution in [0.15, 0.2) is 18.2 Å². The van der Waals surface area contributed by atoms with Crippen LogP contribution in [0.1, 0.15) is 19.8 Å². The molecule has 5 heteroatoms. The number of benzene rings is 1. The summed E-state index contributed by atoms with van der Waals surface area (Å²) in [6, 6.07) is 4.82. The summed E-state index contributed by atoms with van der Waals surface area (Å²) in [4.78, 5) is 11.3. The smallest absolute Gasteiger partial charge is 0.344 e. The zero-order valence-electron chi connectivity index (χ0n) is 9.54. The molecule has 0 amide bonds. The van der Waals surface area contributed by atoms with Crippen LogP contribution < -0.4 is 4.74 Å². The molecular formula is C12H14Cl2O3. The molecule has 0 aliphatic carbocycles. The van der Waals surface area contributed by atoms with Crippen LogP contribution in [0.3, 0.4) is 0 Å². The Balaban J connectivity index is 2.39. The Kier molecular flexibility index (Phi) is 6.16. The van der Waals surface area contributed by atoms with E-state index in [1.807, 2.05) is 6.92 Å². The van der Waals surface area contributed by atoms with E-state index in [0.29, 0.717) is 22.4 Å². The highest BCUT2D eigenvalue weighted by molar-refractivity contribution is 6.34. The van der Waals surface area contributed by atoms with Crippen molar-refractivity contribution >= 4 is 29.2 Å². The predicted octanol–water partition coefficient (Wildman–Crippen LogP) is 3.72. The monoisotopic (exact) mass is 276 g/mol. The number of hydrogen-bond donors (Lipinski definition) is 0. The van der Waals surface area contributed by atoms with E-state index in [9.17, 15) is 4.79 Å². The van der Waals surface area contributed by atoms with E-state index in [2.05, 4.69) is 0 Å². The Hall–Kier alpha value is -0.930. The summed E-state index contributed by atoms with van der Waals surface area (Å²) in [5, 5.41) is 0.916. The molecule has 1 aromatic rings. The number of carbonyl (C=O) groups is 1. The second-order valence-corrected chi connectivity index (χ2v) is 4.28. The van der Waals surface area contributed by atoms with Crippen LogP contribution in [0.2, 0.25) is 10.0 Å². The third kappa shape index (κ3) is 5.29. The molecule has 0 heterocycles. The van der Waals surface area contributed by atoms with Gasteiger partial charge in [-0.25, -0.2) is 4.79 Å². The van der Waals surface area contributed by atoms with Gasteiger partial charge in [-0.05, 0) is 18.6 Å². The molecule has 17 heavy (non-hydrogen) atoms. The molecule has 0 saturated carbocycles. The molecule has 0 aliphatic rings. The van der Waals surface area contributed by atoms with Crippen molar-refractivity contribution in [3.05, 3.63) is 28.2 Å². The van der Waals surface area contributed by atoms with Gasteiger partial charge in [0, 0.05) is 11.1 Å². The van der Waals surface area contributed by atoms with E-state index in [0.717, 1.165) is 12.8 Å². The standard InChI is InChI=1S/C12H14Cl2O3/c1-2-3-6-16-12(15)8-17-11-7-9(13)4-5-10(11)14/h4-5,7H,2-3,6,8H2,1H3. The maximum atomic E-state index is 11.3. The normalized spacial score (nSPS) is 10.1. The molecule has 0 radical (unpaired) electrons. The van der Waals surface area contributed by atoms with Crippen molar-refractivity contribution in [2.75, 3.05) is 13.2 Å². The first-order chi connectivity index (χ1) is 8.13. The molecule has 3 nitrogen and oxygen atoms in total. The predicted molar refractivity (Wildman–Crippen MR) is 67.8 cm³/mol. The third-order valence-electron chi connectivity index (χ3n) is 2.00. The van der Waals surface area contributed by atoms with Crippen molar-refractivity contribution < 1.29 is 14.3 Å². The number of unbranched alkanes of at least 4 members (excludes halogenated alkanes) is 1. The van der Waals surface area contributed by atoms with E-state index in [1.54, 1.807) is 18.2 Å². The maximum Gasteiger partial charge on any atom is 0.344 e. The Morgan fingerprint density at radius 1 is 1.35 bits per heavy atom. The average molecular weight is 277 g/mol. The van der Waals surface area contributed by atoms with Gasteiger partial charge in [0.2, 0.25) is 0 Å². The van der Waals surface area contributed by atoms with Crippen LogP contribution in [0, 0.1) is 0 Å². The van der Waals surface area contributed by atoms with Gasteiger partial charge in [-0.2, -0.15) is 0 Å². The number of rotatable bonds is 6. The van der Waals surface area contributed by atoms with Gasteiger partial charge in [-0.1, -0.05) is 36.5 Å². The SMILES string of the molecule is CCCCOC(=O)COc1cc(Cl)ccc1Cl. The summed E-state index contributed by atoms with van der Waals surface area (Å²) < 4.78 is 10.2. The minimum Gasteiger partial charge on any atom is -0.480 e. The molecule has 0 spiro atoms. The topological polar surface area (TPSA) is 35.5 Å². The summed E-state index contributed by atoms with van der Waals surface area (Å²) in [5.41, 5.74) is 0. The van der Waals surface area contributed by atoms with E-state index in [-0.39, 0.29) is 6.61 Å². The van der Waals surface area contributed by atoms with Crippen LogP contribution in [0.25, 0.3) is 0 Å². The summed E-state index contributed by atoms with van der Waals surface area (Å²) in [6.45, 7) is 2.28. The molecule has 0 atom stereocenters. The van der Waals surface area contributed by atoms with Gasteiger partial charge in [-0.15, -0.1) is 0 Å². The molecular weight excluding hydrogens is 263 g/mol. The maximum absolute atomic E-state index is 11.3. The molecule has 0 aromatic heterocycles.